The molecule has 0 spiro atoms. The monoisotopic (exact) mass is 321 g/mol. The number of fused-ring (bicyclic) bond motifs is 1. The number of hydrogen-bond donors (Lipinski definition) is 3. The third-order valence-corrected chi connectivity index (χ3v) is 3.70. The molecule has 7 heteroatoms. The van der Waals surface area contributed by atoms with Crippen molar-refractivity contribution in [2.75, 3.05) is 5.32 Å². The van der Waals surface area contributed by atoms with Crippen LogP contribution in [0.4, 0.5) is 10.1 Å². The summed E-state index contributed by atoms with van der Waals surface area (Å²) in [5.74, 6) is -0.705. The number of nitrogens with zero attached hydrogens (tertiary/aromatic N) is 2. The van der Waals surface area contributed by atoms with Crippen molar-refractivity contribution in [3.63, 3.8) is 0 Å². The fourth-order valence-corrected chi connectivity index (χ4v) is 2.51. The van der Waals surface area contributed by atoms with Gasteiger partial charge in [-0.2, -0.15) is 5.10 Å². The van der Waals surface area contributed by atoms with E-state index in [0.29, 0.717) is 16.9 Å². The number of carbonyl (C=O) groups is 1. The largest absolute Gasteiger partial charge is 0.346 e. The maximum absolute atomic E-state index is 12.9. The molecule has 0 fully saturated rings. The van der Waals surface area contributed by atoms with Crippen molar-refractivity contribution in [3.05, 3.63) is 66.5 Å². The molecule has 3 N–H and O–H groups in total. The zero-order valence-corrected chi connectivity index (χ0v) is 12.4. The van der Waals surface area contributed by atoms with Gasteiger partial charge < -0.3 is 10.3 Å². The average Bonchev–Trinajstić information content (AvgIpc) is 3.24. The lowest BCUT2D eigenvalue weighted by Gasteiger charge is -2.05. The average molecular weight is 321 g/mol. The number of nitrogens with one attached hydrogen (secondary N) is 3. The fraction of sp³-hybridized carbons (Fsp3) is 0. The third-order valence-electron chi connectivity index (χ3n) is 3.70. The van der Waals surface area contributed by atoms with Crippen LogP contribution in [0.15, 0.2) is 55.1 Å². The Hall–Kier alpha value is -3.48. The van der Waals surface area contributed by atoms with E-state index in [1.165, 1.54) is 24.3 Å². The summed E-state index contributed by atoms with van der Waals surface area (Å²) in [6.45, 7) is 0. The molecule has 0 saturated heterocycles. The number of carbonyl (C=O) groups excluding carboxylic acids is 1. The lowest BCUT2D eigenvalue weighted by atomic mass is 10.1. The van der Waals surface area contributed by atoms with Gasteiger partial charge in [0.1, 0.15) is 11.5 Å². The van der Waals surface area contributed by atoms with Crippen LogP contribution in [0, 0.1) is 5.82 Å². The number of benzene rings is 1. The van der Waals surface area contributed by atoms with Gasteiger partial charge in [0, 0.05) is 34.5 Å². The standard InChI is InChI=1S/C17H12FN5O/c18-12-3-1-10(2-4-12)17(24)23-13-5-14-15(11-6-21-22-7-11)9-20-16(14)19-8-13/h1-9H,(H,19,20)(H,21,22)(H,23,24). The van der Waals surface area contributed by atoms with E-state index in [0.717, 1.165) is 16.5 Å². The van der Waals surface area contributed by atoms with Crippen molar-refractivity contribution in [3.8, 4) is 11.1 Å². The summed E-state index contributed by atoms with van der Waals surface area (Å²) in [5, 5.41) is 10.4. The second kappa shape index (κ2) is 5.62. The SMILES string of the molecule is O=C(Nc1cnc2[nH]cc(-c3cn[nH]c3)c2c1)c1ccc(F)cc1. The lowest BCUT2D eigenvalue weighted by Crippen LogP contribution is -2.11. The van der Waals surface area contributed by atoms with Gasteiger partial charge in [0.15, 0.2) is 0 Å². The molecule has 3 aromatic heterocycles. The predicted octanol–water partition coefficient (Wildman–Crippen LogP) is 3.34. The summed E-state index contributed by atoms with van der Waals surface area (Å²) >= 11 is 0. The summed E-state index contributed by atoms with van der Waals surface area (Å²) in [5.41, 5.74) is 3.50. The molecule has 0 unspecified atom stereocenters. The first-order valence-electron chi connectivity index (χ1n) is 7.24. The quantitative estimate of drug-likeness (QED) is 0.541. The molecule has 0 aliphatic carbocycles. The minimum atomic E-state index is -0.383. The molecule has 0 bridgehead atoms. The minimum Gasteiger partial charge on any atom is -0.346 e. The summed E-state index contributed by atoms with van der Waals surface area (Å²) in [6, 6.07) is 7.20. The number of hydrogen-bond acceptors (Lipinski definition) is 3. The van der Waals surface area contributed by atoms with Gasteiger partial charge in [-0.15, -0.1) is 0 Å². The van der Waals surface area contributed by atoms with Crippen LogP contribution in [-0.2, 0) is 0 Å². The summed E-state index contributed by atoms with van der Waals surface area (Å²) in [4.78, 5) is 19.6. The molecule has 6 nitrogen and oxygen atoms in total. The Morgan fingerprint density at radius 2 is 1.96 bits per heavy atom. The van der Waals surface area contributed by atoms with Crippen LogP contribution >= 0.6 is 0 Å². The molecule has 118 valence electrons. The Labute approximate surface area is 135 Å². The van der Waals surface area contributed by atoms with Gasteiger partial charge in [-0.1, -0.05) is 0 Å². The van der Waals surface area contributed by atoms with Crippen LogP contribution in [0.5, 0.6) is 0 Å². The highest BCUT2D eigenvalue weighted by Gasteiger charge is 2.11. The van der Waals surface area contributed by atoms with Crippen LogP contribution in [-0.4, -0.2) is 26.1 Å². The normalized spacial score (nSPS) is 10.9. The van der Waals surface area contributed by atoms with E-state index in [-0.39, 0.29) is 11.7 Å². The molecule has 24 heavy (non-hydrogen) atoms. The number of anilines is 1. The van der Waals surface area contributed by atoms with Crippen LogP contribution in [0.2, 0.25) is 0 Å². The number of H-pyrrole nitrogens is 2. The lowest BCUT2D eigenvalue weighted by molar-refractivity contribution is 0.102. The van der Waals surface area contributed by atoms with E-state index in [1.807, 2.05) is 12.3 Å². The second-order valence-corrected chi connectivity index (χ2v) is 5.27. The number of halogens is 1. The molecule has 4 rings (SSSR count). The number of amides is 1. The predicted molar refractivity (Wildman–Crippen MR) is 88.0 cm³/mol. The maximum atomic E-state index is 12.9. The van der Waals surface area contributed by atoms with Crippen molar-refractivity contribution < 1.29 is 9.18 Å². The van der Waals surface area contributed by atoms with Gasteiger partial charge in [0.25, 0.3) is 5.91 Å². The first kappa shape index (κ1) is 14.1. The minimum absolute atomic E-state index is 0.323. The van der Waals surface area contributed by atoms with Crippen molar-refractivity contribution in [2.24, 2.45) is 0 Å². The second-order valence-electron chi connectivity index (χ2n) is 5.27. The number of aromatic amines is 2. The van der Waals surface area contributed by atoms with Gasteiger partial charge in [-0.3, -0.25) is 9.89 Å². The van der Waals surface area contributed by atoms with Gasteiger partial charge in [0.05, 0.1) is 18.1 Å². The van der Waals surface area contributed by atoms with Crippen LogP contribution in [0.3, 0.4) is 0 Å². The van der Waals surface area contributed by atoms with E-state index in [9.17, 15) is 9.18 Å². The zero-order valence-electron chi connectivity index (χ0n) is 12.4. The van der Waals surface area contributed by atoms with Gasteiger partial charge in [0.2, 0.25) is 0 Å². The van der Waals surface area contributed by atoms with Gasteiger partial charge >= 0.3 is 0 Å². The first-order valence-corrected chi connectivity index (χ1v) is 7.24. The molecule has 0 radical (unpaired) electrons. The molecule has 1 amide bonds. The number of pyridine rings is 1. The van der Waals surface area contributed by atoms with Gasteiger partial charge in [-0.05, 0) is 30.3 Å². The molecular formula is C17H12FN5O. The Balaban J connectivity index is 1.66. The van der Waals surface area contributed by atoms with Crippen molar-refractivity contribution >= 4 is 22.6 Å². The molecule has 3 heterocycles. The Bertz CT molecular complexity index is 1010. The maximum Gasteiger partial charge on any atom is 0.255 e. The molecule has 1 aromatic carbocycles. The summed E-state index contributed by atoms with van der Waals surface area (Å²) in [7, 11) is 0. The smallest absolute Gasteiger partial charge is 0.255 e. The molecule has 0 aliphatic rings. The zero-order chi connectivity index (χ0) is 16.5. The highest BCUT2D eigenvalue weighted by atomic mass is 19.1. The molecule has 0 saturated carbocycles. The van der Waals surface area contributed by atoms with E-state index < -0.39 is 0 Å². The first-order chi connectivity index (χ1) is 11.7. The van der Waals surface area contributed by atoms with Crippen molar-refractivity contribution in [1.82, 2.24) is 20.2 Å². The Kier molecular flexibility index (Phi) is 3.31. The molecule has 4 aromatic rings. The van der Waals surface area contributed by atoms with Crippen LogP contribution in [0.25, 0.3) is 22.2 Å². The molecule has 0 atom stereocenters. The topological polar surface area (TPSA) is 86.5 Å². The Morgan fingerprint density at radius 3 is 2.71 bits per heavy atom. The summed E-state index contributed by atoms with van der Waals surface area (Å²) in [6.07, 6.45) is 6.91. The van der Waals surface area contributed by atoms with Crippen LogP contribution < -0.4 is 5.32 Å². The molecule has 0 aliphatic heterocycles. The van der Waals surface area contributed by atoms with Crippen molar-refractivity contribution in [1.29, 1.82) is 0 Å². The van der Waals surface area contributed by atoms with E-state index in [1.54, 1.807) is 18.6 Å². The van der Waals surface area contributed by atoms with Crippen LogP contribution in [0.1, 0.15) is 10.4 Å². The Morgan fingerprint density at radius 1 is 1.12 bits per heavy atom. The number of aromatic nitrogens is 4. The highest BCUT2D eigenvalue weighted by molar-refractivity contribution is 6.05. The van der Waals surface area contributed by atoms with Crippen molar-refractivity contribution in [2.45, 2.75) is 0 Å². The van der Waals surface area contributed by atoms with Gasteiger partial charge in [-0.25, -0.2) is 9.37 Å². The summed E-state index contributed by atoms with van der Waals surface area (Å²) < 4.78 is 12.9. The van der Waals surface area contributed by atoms with E-state index in [2.05, 4.69) is 25.5 Å². The third kappa shape index (κ3) is 2.52. The number of rotatable bonds is 3. The van der Waals surface area contributed by atoms with E-state index >= 15 is 0 Å². The van der Waals surface area contributed by atoms with E-state index in [4.69, 9.17) is 0 Å². The fourth-order valence-electron chi connectivity index (χ4n) is 2.51. The molecular weight excluding hydrogens is 309 g/mol. The highest BCUT2D eigenvalue weighted by Crippen LogP contribution is 2.28.